The van der Waals surface area contributed by atoms with Gasteiger partial charge in [0.25, 0.3) is 0 Å². The number of hydrazone groups is 1. The number of nitrogens with one attached hydrogen (secondary N) is 2. The van der Waals surface area contributed by atoms with E-state index in [1.807, 2.05) is 31.2 Å². The number of benzene rings is 3. The molecule has 0 saturated heterocycles. The standard InChI is InChI=1S/C26H24N4O4/c1-18-7-10-22(11-8-18)29-25(31)14-26(32)30-28-16-19-9-12-23(24(13-19)33-2)34-17-21-6-4-3-5-20(21)15-27/h3-13,16H,14,17H2,1-2H3,(H,29,31)(H,30,32). The molecule has 0 aliphatic rings. The van der Waals surface area contributed by atoms with Gasteiger partial charge in [-0.1, -0.05) is 35.9 Å². The van der Waals surface area contributed by atoms with Crippen molar-refractivity contribution < 1.29 is 19.1 Å². The van der Waals surface area contributed by atoms with E-state index < -0.39 is 11.8 Å². The third-order valence-corrected chi connectivity index (χ3v) is 4.77. The second-order valence-electron chi connectivity index (χ2n) is 7.35. The van der Waals surface area contributed by atoms with E-state index >= 15 is 0 Å². The first kappa shape index (κ1) is 24.0. The normalized spacial score (nSPS) is 10.4. The molecule has 0 atom stereocenters. The molecular weight excluding hydrogens is 432 g/mol. The number of nitrogens with zero attached hydrogens (tertiary/aromatic N) is 2. The summed E-state index contributed by atoms with van der Waals surface area (Å²) in [5.41, 5.74) is 6.01. The molecule has 0 spiro atoms. The summed E-state index contributed by atoms with van der Waals surface area (Å²) >= 11 is 0. The first-order chi connectivity index (χ1) is 16.5. The first-order valence-corrected chi connectivity index (χ1v) is 10.5. The van der Waals surface area contributed by atoms with Crippen molar-refractivity contribution in [3.05, 3.63) is 89.0 Å². The Morgan fingerprint density at radius 1 is 1.03 bits per heavy atom. The molecule has 0 aliphatic carbocycles. The number of hydrogen-bond acceptors (Lipinski definition) is 6. The number of hydrogen-bond donors (Lipinski definition) is 2. The van der Waals surface area contributed by atoms with Gasteiger partial charge in [-0.05, 0) is 48.9 Å². The molecule has 8 heteroatoms. The van der Waals surface area contributed by atoms with E-state index in [0.29, 0.717) is 28.3 Å². The molecule has 0 aliphatic heterocycles. The van der Waals surface area contributed by atoms with Gasteiger partial charge in [0.05, 0.1) is 25.0 Å². The third-order valence-electron chi connectivity index (χ3n) is 4.77. The van der Waals surface area contributed by atoms with Crippen LogP contribution in [0.1, 0.15) is 28.7 Å². The van der Waals surface area contributed by atoms with E-state index in [1.165, 1.54) is 13.3 Å². The molecule has 0 unspecified atom stereocenters. The molecule has 2 amide bonds. The zero-order valence-corrected chi connectivity index (χ0v) is 18.9. The van der Waals surface area contributed by atoms with Crippen LogP contribution in [0.2, 0.25) is 0 Å². The molecule has 172 valence electrons. The maximum Gasteiger partial charge on any atom is 0.249 e. The van der Waals surface area contributed by atoms with Crippen LogP contribution >= 0.6 is 0 Å². The lowest BCUT2D eigenvalue weighted by Crippen LogP contribution is -2.24. The first-order valence-electron chi connectivity index (χ1n) is 10.5. The number of nitriles is 1. The lowest BCUT2D eigenvalue weighted by molar-refractivity contribution is -0.126. The second kappa shape index (κ2) is 11.8. The Hall–Kier alpha value is -4.64. The predicted octanol–water partition coefficient (Wildman–Crippen LogP) is 3.93. The fourth-order valence-electron chi connectivity index (χ4n) is 3.00. The number of rotatable bonds is 9. The van der Waals surface area contributed by atoms with Crippen LogP contribution in [0.4, 0.5) is 5.69 Å². The zero-order valence-electron chi connectivity index (χ0n) is 18.9. The third kappa shape index (κ3) is 6.93. The highest BCUT2D eigenvalue weighted by Gasteiger charge is 2.10. The Bertz CT molecular complexity index is 1230. The van der Waals surface area contributed by atoms with E-state index in [0.717, 1.165) is 11.1 Å². The van der Waals surface area contributed by atoms with Crippen molar-refractivity contribution in [3.8, 4) is 17.6 Å². The van der Waals surface area contributed by atoms with Gasteiger partial charge in [0.15, 0.2) is 11.5 Å². The molecule has 3 aromatic rings. The van der Waals surface area contributed by atoms with Crippen LogP contribution in [0, 0.1) is 18.3 Å². The number of carbonyl (C=O) groups is 2. The minimum absolute atomic E-state index is 0.217. The van der Waals surface area contributed by atoms with Gasteiger partial charge in [-0.3, -0.25) is 9.59 Å². The lowest BCUT2D eigenvalue weighted by atomic mass is 10.1. The van der Waals surface area contributed by atoms with E-state index in [1.54, 1.807) is 42.5 Å². The summed E-state index contributed by atoms with van der Waals surface area (Å²) in [6.07, 6.45) is 1.08. The maximum atomic E-state index is 12.0. The van der Waals surface area contributed by atoms with Gasteiger partial charge >= 0.3 is 0 Å². The van der Waals surface area contributed by atoms with Crippen molar-refractivity contribution in [2.24, 2.45) is 5.10 Å². The monoisotopic (exact) mass is 456 g/mol. The molecule has 0 bridgehead atoms. The van der Waals surface area contributed by atoms with Crippen molar-refractivity contribution in [2.75, 3.05) is 12.4 Å². The van der Waals surface area contributed by atoms with E-state index in [2.05, 4.69) is 21.9 Å². The fourth-order valence-corrected chi connectivity index (χ4v) is 3.00. The minimum Gasteiger partial charge on any atom is -0.493 e. The van der Waals surface area contributed by atoms with Crippen LogP contribution in [-0.4, -0.2) is 25.1 Å². The Morgan fingerprint density at radius 2 is 1.79 bits per heavy atom. The van der Waals surface area contributed by atoms with Crippen molar-refractivity contribution in [1.29, 1.82) is 5.26 Å². The van der Waals surface area contributed by atoms with Crippen LogP contribution in [0.25, 0.3) is 0 Å². The van der Waals surface area contributed by atoms with Crippen LogP contribution in [-0.2, 0) is 16.2 Å². The molecule has 3 rings (SSSR count). The zero-order chi connectivity index (χ0) is 24.3. The van der Waals surface area contributed by atoms with Crippen LogP contribution in [0.5, 0.6) is 11.5 Å². The summed E-state index contributed by atoms with van der Waals surface area (Å²) in [7, 11) is 1.51. The van der Waals surface area contributed by atoms with Crippen LogP contribution in [0.15, 0.2) is 71.8 Å². The van der Waals surface area contributed by atoms with Gasteiger partial charge in [-0.2, -0.15) is 10.4 Å². The molecule has 0 aromatic heterocycles. The summed E-state index contributed by atoms with van der Waals surface area (Å²) < 4.78 is 11.2. The molecule has 0 fully saturated rings. The van der Waals surface area contributed by atoms with Gasteiger partial charge < -0.3 is 14.8 Å². The van der Waals surface area contributed by atoms with Crippen molar-refractivity contribution in [3.63, 3.8) is 0 Å². The Kier molecular flexibility index (Phi) is 8.36. The van der Waals surface area contributed by atoms with Gasteiger partial charge in [0.2, 0.25) is 11.8 Å². The number of ether oxygens (including phenoxy) is 2. The Balaban J connectivity index is 1.53. The number of carbonyl (C=O) groups excluding carboxylic acids is 2. The largest absolute Gasteiger partial charge is 0.493 e. The predicted molar refractivity (Wildman–Crippen MR) is 129 cm³/mol. The average Bonchev–Trinajstić information content (AvgIpc) is 2.84. The second-order valence-corrected chi connectivity index (χ2v) is 7.35. The lowest BCUT2D eigenvalue weighted by Gasteiger charge is -2.12. The number of methoxy groups -OCH3 is 1. The van der Waals surface area contributed by atoms with Crippen molar-refractivity contribution in [1.82, 2.24) is 5.43 Å². The highest BCUT2D eigenvalue weighted by molar-refractivity contribution is 6.03. The smallest absolute Gasteiger partial charge is 0.249 e. The summed E-state index contributed by atoms with van der Waals surface area (Å²) in [5, 5.41) is 15.8. The molecule has 2 N–H and O–H groups in total. The van der Waals surface area contributed by atoms with Gasteiger partial charge in [-0.15, -0.1) is 0 Å². The van der Waals surface area contributed by atoms with E-state index in [4.69, 9.17) is 9.47 Å². The number of anilines is 1. The molecule has 3 aromatic carbocycles. The molecule has 0 saturated carbocycles. The maximum absolute atomic E-state index is 12.0. The van der Waals surface area contributed by atoms with Gasteiger partial charge in [0, 0.05) is 11.3 Å². The topological polar surface area (TPSA) is 113 Å². The Morgan fingerprint density at radius 3 is 2.53 bits per heavy atom. The highest BCUT2D eigenvalue weighted by atomic mass is 16.5. The summed E-state index contributed by atoms with van der Waals surface area (Å²) in [6, 6.07) is 21.8. The summed E-state index contributed by atoms with van der Waals surface area (Å²) in [6.45, 7) is 2.16. The molecule has 0 heterocycles. The fraction of sp³-hybridized carbons (Fsp3) is 0.154. The van der Waals surface area contributed by atoms with Gasteiger partial charge in [0.1, 0.15) is 13.0 Å². The van der Waals surface area contributed by atoms with Crippen LogP contribution in [0.3, 0.4) is 0 Å². The van der Waals surface area contributed by atoms with E-state index in [-0.39, 0.29) is 13.0 Å². The molecule has 34 heavy (non-hydrogen) atoms. The molecule has 8 nitrogen and oxygen atoms in total. The quantitative estimate of drug-likeness (QED) is 0.288. The highest BCUT2D eigenvalue weighted by Crippen LogP contribution is 2.28. The van der Waals surface area contributed by atoms with Gasteiger partial charge in [-0.25, -0.2) is 5.43 Å². The number of amides is 2. The summed E-state index contributed by atoms with van der Waals surface area (Å²) in [4.78, 5) is 24.0. The Labute approximate surface area is 197 Å². The molecular formula is C26H24N4O4. The average molecular weight is 457 g/mol. The van der Waals surface area contributed by atoms with E-state index in [9.17, 15) is 14.9 Å². The summed E-state index contributed by atoms with van der Waals surface area (Å²) in [5.74, 6) is 0.00744. The SMILES string of the molecule is COc1cc(C=NNC(=O)CC(=O)Nc2ccc(C)cc2)ccc1OCc1ccccc1C#N. The molecule has 0 radical (unpaired) electrons. The van der Waals surface area contributed by atoms with Crippen molar-refractivity contribution >= 4 is 23.7 Å². The minimum atomic E-state index is -0.538. The number of aryl methyl sites for hydroxylation is 1. The van der Waals surface area contributed by atoms with Crippen LogP contribution < -0.4 is 20.2 Å². The van der Waals surface area contributed by atoms with Crippen molar-refractivity contribution in [2.45, 2.75) is 20.0 Å².